The molecule has 5 nitrogen and oxygen atoms in total. The number of hydrogen-bond acceptors (Lipinski definition) is 4. The van der Waals surface area contributed by atoms with Crippen molar-refractivity contribution >= 4 is 6.21 Å². The predicted octanol–water partition coefficient (Wildman–Crippen LogP) is 0.0335. The molecule has 0 spiro atoms. The molecule has 66 valence electrons. The van der Waals surface area contributed by atoms with Crippen molar-refractivity contribution in [3.05, 3.63) is 21.7 Å². The topological polar surface area (TPSA) is 78.6 Å². The summed E-state index contributed by atoms with van der Waals surface area (Å²) in [6.07, 6.45) is 0.487. The molecule has 0 saturated heterocycles. The highest BCUT2D eigenvalue weighted by molar-refractivity contribution is 5.80. The summed E-state index contributed by atoms with van der Waals surface area (Å²) in [4.78, 5) is 14.5. The summed E-state index contributed by atoms with van der Waals surface area (Å²) in [5.41, 5.74) is 0.470. The molecule has 0 aromatic carbocycles. The Bertz CT molecular complexity index is 335. The Kier molecular flexibility index (Phi) is 2.44. The number of aryl methyl sites for hydroxylation is 1. The van der Waals surface area contributed by atoms with E-state index in [0.29, 0.717) is 11.3 Å². The van der Waals surface area contributed by atoms with Crippen molar-refractivity contribution in [2.75, 3.05) is 0 Å². The smallest absolute Gasteiger partial charge is 0.366 e. The fourth-order valence-corrected chi connectivity index (χ4v) is 0.718. The van der Waals surface area contributed by atoms with E-state index in [1.165, 1.54) is 13.1 Å². The summed E-state index contributed by atoms with van der Waals surface area (Å²) >= 11 is 0. The number of aliphatic hydroxyl groups excluding tert-OH is 1. The lowest BCUT2D eigenvalue weighted by Gasteiger charge is -1.91. The third-order valence-electron chi connectivity index (χ3n) is 1.34. The fourth-order valence-electron chi connectivity index (χ4n) is 0.718. The second-order valence-electron chi connectivity index (χ2n) is 2.44. The van der Waals surface area contributed by atoms with Gasteiger partial charge >= 0.3 is 5.63 Å². The Balaban J connectivity index is 2.95. The highest BCUT2D eigenvalue weighted by Crippen LogP contribution is 1.95. The molecule has 0 bridgehead atoms. The molecule has 0 saturated carbocycles. The van der Waals surface area contributed by atoms with Gasteiger partial charge in [0.05, 0.1) is 5.69 Å². The lowest BCUT2D eigenvalue weighted by molar-refractivity contribution is 0.206. The monoisotopic (exact) mass is 170 g/mol. The summed E-state index contributed by atoms with van der Waals surface area (Å²) in [6, 6.07) is 0. The molecule has 0 aliphatic carbocycles. The molecule has 1 unspecified atom stereocenters. The van der Waals surface area contributed by atoms with Crippen molar-refractivity contribution in [1.82, 2.24) is 5.16 Å². The minimum Gasteiger partial charge on any atom is -0.372 e. The maximum Gasteiger partial charge on any atom is 0.366 e. The zero-order valence-corrected chi connectivity index (χ0v) is 6.87. The summed E-state index contributed by atoms with van der Waals surface area (Å²) in [5.74, 6) is 0. The van der Waals surface area contributed by atoms with Gasteiger partial charge in [0.15, 0.2) is 0 Å². The van der Waals surface area contributed by atoms with Gasteiger partial charge in [0, 0.05) is 6.21 Å². The largest absolute Gasteiger partial charge is 0.372 e. The number of nitrogens with one attached hydrogen (secondary N) is 1. The number of hydrogen-bond donors (Lipinski definition) is 2. The van der Waals surface area contributed by atoms with E-state index >= 15 is 0 Å². The van der Waals surface area contributed by atoms with Gasteiger partial charge < -0.3 is 9.63 Å². The Hall–Kier alpha value is -1.36. The average molecular weight is 170 g/mol. The zero-order chi connectivity index (χ0) is 9.14. The first-order chi connectivity index (χ1) is 5.61. The standard InChI is InChI=1S/C7H10N2O3/c1-4-6(3-8-5(2)10)7(11)12-9-4/h3,5,9-10H,1-2H3. The first-order valence-corrected chi connectivity index (χ1v) is 3.50. The van der Waals surface area contributed by atoms with Gasteiger partial charge in [0.2, 0.25) is 0 Å². The maximum atomic E-state index is 10.9. The first kappa shape index (κ1) is 8.73. The molecule has 1 aromatic rings. The van der Waals surface area contributed by atoms with Crippen LogP contribution in [0.5, 0.6) is 0 Å². The van der Waals surface area contributed by atoms with E-state index in [-0.39, 0.29) is 0 Å². The molecule has 0 amide bonds. The highest BCUT2D eigenvalue weighted by Gasteiger charge is 2.04. The number of nitrogens with zero attached hydrogens (tertiary/aromatic N) is 1. The van der Waals surface area contributed by atoms with Gasteiger partial charge in [-0.1, -0.05) is 0 Å². The third kappa shape index (κ3) is 1.82. The van der Waals surface area contributed by atoms with Crippen LogP contribution in [-0.4, -0.2) is 22.7 Å². The molecule has 0 radical (unpaired) electrons. The summed E-state index contributed by atoms with van der Waals surface area (Å²) in [5, 5.41) is 11.2. The number of aromatic amines is 1. The van der Waals surface area contributed by atoms with E-state index in [1.807, 2.05) is 0 Å². The van der Waals surface area contributed by atoms with Crippen LogP contribution in [0.4, 0.5) is 0 Å². The summed E-state index contributed by atoms with van der Waals surface area (Å²) in [6.45, 7) is 3.19. The van der Waals surface area contributed by atoms with Crippen LogP contribution < -0.4 is 5.63 Å². The number of H-pyrrole nitrogens is 1. The van der Waals surface area contributed by atoms with Crippen molar-refractivity contribution in [2.24, 2.45) is 4.99 Å². The second-order valence-corrected chi connectivity index (χ2v) is 2.44. The van der Waals surface area contributed by atoms with Crippen LogP contribution in [0.15, 0.2) is 14.3 Å². The van der Waals surface area contributed by atoms with Crippen molar-refractivity contribution in [3.8, 4) is 0 Å². The number of rotatable bonds is 2. The molecule has 1 atom stereocenters. The third-order valence-corrected chi connectivity index (χ3v) is 1.34. The molecule has 12 heavy (non-hydrogen) atoms. The Labute approximate surface area is 68.7 Å². The number of aliphatic imine (C=N–C) groups is 1. The quantitative estimate of drug-likeness (QED) is 0.615. The molecule has 0 fully saturated rings. The summed E-state index contributed by atoms with van der Waals surface area (Å²) < 4.78 is 4.47. The van der Waals surface area contributed by atoms with Gasteiger partial charge in [-0.3, -0.25) is 4.99 Å². The van der Waals surface area contributed by atoms with E-state index in [0.717, 1.165) is 0 Å². The maximum absolute atomic E-state index is 10.9. The van der Waals surface area contributed by atoms with Crippen molar-refractivity contribution in [3.63, 3.8) is 0 Å². The minimum atomic E-state index is -0.807. The molecule has 5 heteroatoms. The fraction of sp³-hybridized carbons (Fsp3) is 0.429. The lowest BCUT2D eigenvalue weighted by atomic mass is 10.3. The number of aliphatic hydroxyl groups is 1. The van der Waals surface area contributed by atoms with Gasteiger partial charge in [0.25, 0.3) is 0 Å². The zero-order valence-electron chi connectivity index (χ0n) is 6.87. The molecule has 0 aliphatic rings. The Morgan fingerprint density at radius 1 is 1.75 bits per heavy atom. The van der Waals surface area contributed by atoms with E-state index in [1.54, 1.807) is 6.92 Å². The van der Waals surface area contributed by atoms with Gasteiger partial charge in [-0.15, -0.1) is 0 Å². The van der Waals surface area contributed by atoms with Crippen molar-refractivity contribution in [2.45, 2.75) is 20.1 Å². The molecule has 1 aromatic heterocycles. The van der Waals surface area contributed by atoms with Crippen LogP contribution in [0.25, 0.3) is 0 Å². The average Bonchev–Trinajstić information content (AvgIpc) is 2.28. The van der Waals surface area contributed by atoms with Crippen LogP contribution in [-0.2, 0) is 0 Å². The predicted molar refractivity (Wildman–Crippen MR) is 43.3 cm³/mol. The molecule has 2 N–H and O–H groups in total. The second kappa shape index (κ2) is 3.36. The molecule has 0 aliphatic heterocycles. The van der Waals surface area contributed by atoms with E-state index < -0.39 is 11.9 Å². The van der Waals surface area contributed by atoms with Crippen LogP contribution in [0, 0.1) is 6.92 Å². The van der Waals surface area contributed by atoms with Crippen LogP contribution in [0.1, 0.15) is 18.2 Å². The van der Waals surface area contributed by atoms with Crippen LogP contribution >= 0.6 is 0 Å². The van der Waals surface area contributed by atoms with Crippen molar-refractivity contribution < 1.29 is 9.63 Å². The molecule has 1 rings (SSSR count). The Morgan fingerprint density at radius 3 is 2.83 bits per heavy atom. The normalized spacial score (nSPS) is 13.9. The molecular formula is C7H10N2O3. The number of aromatic nitrogens is 1. The van der Waals surface area contributed by atoms with Gasteiger partial charge in [-0.2, -0.15) is 0 Å². The van der Waals surface area contributed by atoms with E-state index in [4.69, 9.17) is 5.11 Å². The SMILES string of the molecule is Cc1[nH]oc(=O)c1C=NC(C)O. The summed E-state index contributed by atoms with van der Waals surface area (Å²) in [7, 11) is 0. The lowest BCUT2D eigenvalue weighted by Crippen LogP contribution is -2.03. The molecule has 1 heterocycles. The Morgan fingerprint density at radius 2 is 2.42 bits per heavy atom. The minimum absolute atomic E-state index is 0.343. The van der Waals surface area contributed by atoms with E-state index in [2.05, 4.69) is 14.7 Å². The van der Waals surface area contributed by atoms with Gasteiger partial charge in [-0.25, -0.2) is 9.95 Å². The van der Waals surface area contributed by atoms with E-state index in [9.17, 15) is 4.79 Å². The van der Waals surface area contributed by atoms with Gasteiger partial charge in [-0.05, 0) is 13.8 Å². The van der Waals surface area contributed by atoms with Crippen molar-refractivity contribution in [1.29, 1.82) is 0 Å². The van der Waals surface area contributed by atoms with Gasteiger partial charge in [0.1, 0.15) is 11.8 Å². The van der Waals surface area contributed by atoms with Crippen LogP contribution in [0.2, 0.25) is 0 Å². The molecular weight excluding hydrogens is 160 g/mol. The van der Waals surface area contributed by atoms with Crippen LogP contribution in [0.3, 0.4) is 0 Å². The highest BCUT2D eigenvalue weighted by atomic mass is 16.5. The first-order valence-electron chi connectivity index (χ1n) is 3.50.